The number of nitro benzene ring substituents is 1. The van der Waals surface area contributed by atoms with Gasteiger partial charge in [-0.25, -0.2) is 0 Å². The Balaban J connectivity index is 3.26. The molecule has 0 unspecified atom stereocenters. The van der Waals surface area contributed by atoms with Crippen LogP contribution in [0.1, 0.15) is 10.4 Å². The quantitative estimate of drug-likeness (QED) is 0.481. The van der Waals surface area contributed by atoms with E-state index >= 15 is 0 Å². The standard InChI is InChI=1S/C11H6Cl2N4O3/c12-8-5-7(6-9(10(8)13)17(19)20)11(18)16(3-1-14)4-2-15/h5-6H,3-4H2. The van der Waals surface area contributed by atoms with Gasteiger partial charge in [0.15, 0.2) is 0 Å². The molecular formula is C11H6Cl2N4O3. The molecule has 0 radical (unpaired) electrons. The molecule has 0 heterocycles. The molecule has 0 atom stereocenters. The van der Waals surface area contributed by atoms with Crippen molar-refractivity contribution in [2.24, 2.45) is 0 Å². The zero-order valence-electron chi connectivity index (χ0n) is 9.84. The Bertz CT molecular complexity index is 632. The van der Waals surface area contributed by atoms with Gasteiger partial charge in [-0.05, 0) is 6.07 Å². The summed E-state index contributed by atoms with van der Waals surface area (Å²) in [6.45, 7) is -0.638. The minimum atomic E-state index is -0.774. The van der Waals surface area contributed by atoms with Crippen molar-refractivity contribution in [3.63, 3.8) is 0 Å². The van der Waals surface area contributed by atoms with Crippen molar-refractivity contribution in [1.29, 1.82) is 10.5 Å². The second-order valence-electron chi connectivity index (χ2n) is 3.53. The molecule has 102 valence electrons. The largest absolute Gasteiger partial charge is 0.312 e. The SMILES string of the molecule is N#CCN(CC#N)C(=O)c1cc(Cl)c(Cl)c([N+](=O)[O-])c1. The number of nitro groups is 1. The number of hydrogen-bond donors (Lipinski definition) is 0. The Kier molecular flexibility index (Phi) is 5.27. The highest BCUT2D eigenvalue weighted by Gasteiger charge is 2.23. The van der Waals surface area contributed by atoms with Crippen molar-refractivity contribution in [2.45, 2.75) is 0 Å². The number of carbonyl (C=O) groups is 1. The maximum atomic E-state index is 12.1. The number of amides is 1. The molecule has 0 spiro atoms. The Morgan fingerprint density at radius 2 is 1.85 bits per heavy atom. The first kappa shape index (κ1) is 15.7. The van der Waals surface area contributed by atoms with Crippen LogP contribution >= 0.6 is 23.2 Å². The van der Waals surface area contributed by atoms with Crippen LogP contribution in [0.5, 0.6) is 0 Å². The second kappa shape index (κ2) is 6.71. The van der Waals surface area contributed by atoms with Gasteiger partial charge in [0.25, 0.3) is 11.6 Å². The number of halogens is 2. The third-order valence-electron chi connectivity index (χ3n) is 2.26. The molecule has 20 heavy (non-hydrogen) atoms. The van der Waals surface area contributed by atoms with Crippen molar-refractivity contribution < 1.29 is 9.72 Å². The fourth-order valence-electron chi connectivity index (χ4n) is 1.38. The lowest BCUT2D eigenvalue weighted by Crippen LogP contribution is -2.31. The molecule has 0 saturated heterocycles. The molecule has 0 aliphatic heterocycles. The van der Waals surface area contributed by atoms with Crippen LogP contribution in [0, 0.1) is 32.8 Å². The molecule has 1 amide bonds. The third kappa shape index (κ3) is 3.35. The van der Waals surface area contributed by atoms with E-state index in [4.69, 9.17) is 33.7 Å². The Hall–Kier alpha value is -2.35. The lowest BCUT2D eigenvalue weighted by atomic mass is 10.1. The predicted molar refractivity (Wildman–Crippen MR) is 70.2 cm³/mol. The van der Waals surface area contributed by atoms with E-state index in [0.717, 1.165) is 17.0 Å². The smallest absolute Gasteiger partial charge is 0.290 e. The normalized spacial score (nSPS) is 9.40. The molecule has 7 nitrogen and oxygen atoms in total. The summed E-state index contributed by atoms with van der Waals surface area (Å²) in [4.78, 5) is 23.0. The van der Waals surface area contributed by atoms with Crippen LogP contribution in [-0.2, 0) is 0 Å². The van der Waals surface area contributed by atoms with E-state index in [9.17, 15) is 14.9 Å². The first-order valence-corrected chi connectivity index (χ1v) is 5.84. The van der Waals surface area contributed by atoms with Gasteiger partial charge in [-0.2, -0.15) is 10.5 Å². The number of benzene rings is 1. The molecule has 1 aromatic carbocycles. The van der Waals surface area contributed by atoms with Crippen molar-refractivity contribution in [2.75, 3.05) is 13.1 Å². The van der Waals surface area contributed by atoms with Gasteiger partial charge in [0.2, 0.25) is 0 Å². The lowest BCUT2D eigenvalue weighted by molar-refractivity contribution is -0.384. The number of rotatable bonds is 4. The molecule has 0 aromatic heterocycles. The van der Waals surface area contributed by atoms with E-state index in [0.29, 0.717) is 0 Å². The average Bonchev–Trinajstić information content (AvgIpc) is 2.40. The minimum absolute atomic E-state index is 0.114. The predicted octanol–water partition coefficient (Wildman–Crippen LogP) is 2.39. The van der Waals surface area contributed by atoms with Gasteiger partial charge in [-0.3, -0.25) is 14.9 Å². The van der Waals surface area contributed by atoms with Gasteiger partial charge in [0.05, 0.1) is 22.1 Å². The van der Waals surface area contributed by atoms with Gasteiger partial charge in [-0.15, -0.1) is 0 Å². The molecule has 1 aromatic rings. The molecular weight excluding hydrogens is 307 g/mol. The van der Waals surface area contributed by atoms with E-state index in [1.54, 1.807) is 12.1 Å². The first-order valence-electron chi connectivity index (χ1n) is 5.09. The van der Waals surface area contributed by atoms with E-state index in [1.165, 1.54) is 0 Å². The highest BCUT2D eigenvalue weighted by atomic mass is 35.5. The van der Waals surface area contributed by atoms with Crippen LogP contribution in [0.15, 0.2) is 12.1 Å². The first-order chi connectivity index (χ1) is 9.42. The van der Waals surface area contributed by atoms with Crippen molar-refractivity contribution >= 4 is 34.8 Å². The lowest BCUT2D eigenvalue weighted by Gasteiger charge is -2.15. The Labute approximate surface area is 123 Å². The summed E-state index contributed by atoms with van der Waals surface area (Å²) in [6, 6.07) is 5.57. The summed E-state index contributed by atoms with van der Waals surface area (Å²) in [7, 11) is 0. The molecule has 0 saturated carbocycles. The van der Waals surface area contributed by atoms with Gasteiger partial charge in [0, 0.05) is 11.6 Å². The molecule has 0 bridgehead atoms. The Morgan fingerprint density at radius 3 is 2.30 bits per heavy atom. The summed E-state index contributed by atoms with van der Waals surface area (Å²) in [5, 5.41) is 27.6. The maximum Gasteiger partial charge on any atom is 0.290 e. The number of hydrogen-bond acceptors (Lipinski definition) is 5. The summed E-state index contributed by atoms with van der Waals surface area (Å²) in [6.07, 6.45) is 0. The van der Waals surface area contributed by atoms with Crippen LogP contribution in [0.2, 0.25) is 10.0 Å². The van der Waals surface area contributed by atoms with Crippen molar-refractivity contribution in [3.8, 4) is 12.1 Å². The summed E-state index contributed by atoms with van der Waals surface area (Å²) < 4.78 is 0. The van der Waals surface area contributed by atoms with Gasteiger partial charge in [-0.1, -0.05) is 23.2 Å². The van der Waals surface area contributed by atoms with Gasteiger partial charge in [0.1, 0.15) is 18.1 Å². The zero-order chi connectivity index (χ0) is 15.3. The summed E-state index contributed by atoms with van der Waals surface area (Å²) >= 11 is 11.4. The van der Waals surface area contributed by atoms with Crippen molar-refractivity contribution in [1.82, 2.24) is 4.90 Å². The van der Waals surface area contributed by atoms with Crippen LogP contribution in [-0.4, -0.2) is 28.8 Å². The van der Waals surface area contributed by atoms with E-state index in [2.05, 4.69) is 0 Å². The second-order valence-corrected chi connectivity index (χ2v) is 4.31. The number of carbonyl (C=O) groups excluding carboxylic acids is 1. The number of nitriles is 2. The van der Waals surface area contributed by atoms with Gasteiger partial charge >= 0.3 is 0 Å². The van der Waals surface area contributed by atoms with E-state index in [1.807, 2.05) is 0 Å². The third-order valence-corrected chi connectivity index (χ3v) is 3.06. The highest BCUT2D eigenvalue weighted by molar-refractivity contribution is 6.43. The molecule has 1 rings (SSSR count). The van der Waals surface area contributed by atoms with E-state index in [-0.39, 0.29) is 28.7 Å². The van der Waals surface area contributed by atoms with Crippen LogP contribution < -0.4 is 0 Å². The molecule has 0 aliphatic carbocycles. The van der Waals surface area contributed by atoms with Crippen LogP contribution in [0.25, 0.3) is 0 Å². The van der Waals surface area contributed by atoms with E-state index < -0.39 is 16.5 Å². The molecule has 0 aliphatic rings. The monoisotopic (exact) mass is 312 g/mol. The highest BCUT2D eigenvalue weighted by Crippen LogP contribution is 2.33. The fraction of sp³-hybridized carbons (Fsp3) is 0.182. The van der Waals surface area contributed by atoms with Crippen LogP contribution in [0.3, 0.4) is 0 Å². The van der Waals surface area contributed by atoms with Crippen LogP contribution in [0.4, 0.5) is 5.69 Å². The minimum Gasteiger partial charge on any atom is -0.312 e. The molecule has 9 heteroatoms. The maximum absolute atomic E-state index is 12.1. The zero-order valence-corrected chi connectivity index (χ0v) is 11.4. The molecule has 0 fully saturated rings. The van der Waals surface area contributed by atoms with Crippen molar-refractivity contribution in [3.05, 3.63) is 37.9 Å². The Morgan fingerprint density at radius 1 is 1.30 bits per heavy atom. The molecule has 0 N–H and O–H groups in total. The summed E-state index contributed by atoms with van der Waals surface area (Å²) in [5.74, 6) is -0.713. The van der Waals surface area contributed by atoms with Gasteiger partial charge < -0.3 is 4.90 Å². The topological polar surface area (TPSA) is 111 Å². The number of nitrogens with zero attached hydrogens (tertiary/aromatic N) is 4. The summed E-state index contributed by atoms with van der Waals surface area (Å²) in [5.41, 5.74) is -0.631. The fourth-order valence-corrected chi connectivity index (χ4v) is 1.78. The average molecular weight is 313 g/mol.